The molecule has 2 aromatic heterocycles. The van der Waals surface area contributed by atoms with Crippen molar-refractivity contribution in [3.05, 3.63) is 57.0 Å². The van der Waals surface area contributed by atoms with Gasteiger partial charge < -0.3 is 14.8 Å². The van der Waals surface area contributed by atoms with Crippen LogP contribution in [-0.2, 0) is 30.2 Å². The van der Waals surface area contributed by atoms with Crippen molar-refractivity contribution in [3.8, 4) is 0 Å². The van der Waals surface area contributed by atoms with E-state index >= 15 is 0 Å². The van der Waals surface area contributed by atoms with Crippen LogP contribution in [0.1, 0.15) is 18.9 Å². The zero-order valence-corrected chi connectivity index (χ0v) is 18.1. The average Bonchev–Trinajstić information content (AvgIpc) is 3.15. The zero-order chi connectivity index (χ0) is 22.7. The molecule has 3 rings (SSSR count). The topological polar surface area (TPSA) is 111 Å². The molecule has 0 saturated carbocycles. The number of anilines is 1. The summed E-state index contributed by atoms with van der Waals surface area (Å²) >= 11 is 0. The molecule has 0 aliphatic carbocycles. The molecule has 0 unspecified atom stereocenters. The van der Waals surface area contributed by atoms with Crippen LogP contribution < -0.4 is 16.6 Å². The van der Waals surface area contributed by atoms with Gasteiger partial charge in [-0.3, -0.25) is 23.5 Å². The molecule has 0 radical (unpaired) electrons. The highest BCUT2D eigenvalue weighted by Gasteiger charge is 2.20. The SMILES string of the molecule is CCCN(CC(=O)Nc1ccccc1C)C(=O)Cn1cnc2c1c(=O)n(C)c(=O)n2C. The van der Waals surface area contributed by atoms with Crippen molar-refractivity contribution in [3.63, 3.8) is 0 Å². The third-order valence-electron chi connectivity index (χ3n) is 5.12. The van der Waals surface area contributed by atoms with Gasteiger partial charge in [0.1, 0.15) is 6.54 Å². The summed E-state index contributed by atoms with van der Waals surface area (Å²) in [6, 6.07) is 7.41. The second-order valence-electron chi connectivity index (χ2n) is 7.43. The molecule has 1 aromatic carbocycles. The van der Waals surface area contributed by atoms with E-state index in [2.05, 4.69) is 10.3 Å². The molecule has 2 heterocycles. The van der Waals surface area contributed by atoms with Gasteiger partial charge in [0.2, 0.25) is 11.8 Å². The maximum atomic E-state index is 13.0. The van der Waals surface area contributed by atoms with Crippen molar-refractivity contribution < 1.29 is 9.59 Å². The number of aromatic nitrogens is 4. The zero-order valence-electron chi connectivity index (χ0n) is 18.1. The largest absolute Gasteiger partial charge is 0.332 e. The van der Waals surface area contributed by atoms with Gasteiger partial charge in [-0.1, -0.05) is 25.1 Å². The molecular formula is C21H26N6O4. The number of para-hydroxylation sites is 1. The van der Waals surface area contributed by atoms with Gasteiger partial charge in [0.25, 0.3) is 5.56 Å². The lowest BCUT2D eigenvalue weighted by molar-refractivity contribution is -0.135. The Bertz CT molecular complexity index is 1250. The van der Waals surface area contributed by atoms with Crippen LogP contribution in [0, 0.1) is 6.92 Å². The van der Waals surface area contributed by atoms with Crippen molar-refractivity contribution in [1.29, 1.82) is 0 Å². The lowest BCUT2D eigenvalue weighted by Gasteiger charge is -2.22. The van der Waals surface area contributed by atoms with Gasteiger partial charge in [0.15, 0.2) is 11.2 Å². The molecule has 0 aliphatic rings. The third kappa shape index (κ3) is 4.42. The summed E-state index contributed by atoms with van der Waals surface area (Å²) in [6.45, 7) is 3.93. The Morgan fingerprint density at radius 1 is 1.13 bits per heavy atom. The minimum absolute atomic E-state index is 0.107. The number of carbonyl (C=O) groups excluding carboxylic acids is 2. The monoisotopic (exact) mass is 426 g/mol. The average molecular weight is 426 g/mol. The van der Waals surface area contributed by atoms with Crippen LogP contribution in [0.25, 0.3) is 11.2 Å². The minimum atomic E-state index is -0.525. The summed E-state index contributed by atoms with van der Waals surface area (Å²) in [6.07, 6.45) is 2.03. The number of aryl methyl sites for hydroxylation is 2. The number of nitrogens with one attached hydrogen (secondary N) is 1. The van der Waals surface area contributed by atoms with Crippen LogP contribution in [0.4, 0.5) is 5.69 Å². The molecule has 0 spiro atoms. The van der Waals surface area contributed by atoms with Gasteiger partial charge in [-0.2, -0.15) is 0 Å². The summed E-state index contributed by atoms with van der Waals surface area (Å²) in [4.78, 5) is 55.7. The number of hydrogen-bond donors (Lipinski definition) is 1. The molecule has 0 saturated heterocycles. The van der Waals surface area contributed by atoms with Gasteiger partial charge >= 0.3 is 5.69 Å². The lowest BCUT2D eigenvalue weighted by atomic mass is 10.2. The van der Waals surface area contributed by atoms with Crippen LogP contribution >= 0.6 is 0 Å². The molecular weight excluding hydrogens is 400 g/mol. The van der Waals surface area contributed by atoms with Gasteiger partial charge in [-0.25, -0.2) is 9.78 Å². The van der Waals surface area contributed by atoms with Crippen molar-refractivity contribution in [2.24, 2.45) is 14.1 Å². The molecule has 0 atom stereocenters. The highest BCUT2D eigenvalue weighted by atomic mass is 16.2. The molecule has 0 aliphatic heterocycles. The first-order valence-electron chi connectivity index (χ1n) is 9.98. The first kappa shape index (κ1) is 22.0. The number of carbonyl (C=O) groups is 2. The van der Waals surface area contributed by atoms with Gasteiger partial charge in [0, 0.05) is 26.3 Å². The number of hydrogen-bond acceptors (Lipinski definition) is 5. The van der Waals surface area contributed by atoms with E-state index < -0.39 is 11.2 Å². The number of fused-ring (bicyclic) bond motifs is 1. The molecule has 2 amide bonds. The summed E-state index contributed by atoms with van der Waals surface area (Å²) in [5.74, 6) is -0.623. The molecule has 10 heteroatoms. The molecule has 0 bridgehead atoms. The Morgan fingerprint density at radius 2 is 1.84 bits per heavy atom. The van der Waals surface area contributed by atoms with E-state index in [0.29, 0.717) is 18.7 Å². The first-order valence-corrected chi connectivity index (χ1v) is 9.98. The highest BCUT2D eigenvalue weighted by molar-refractivity contribution is 5.95. The van der Waals surface area contributed by atoms with Crippen LogP contribution in [0.5, 0.6) is 0 Å². The van der Waals surface area contributed by atoms with E-state index in [-0.39, 0.29) is 36.1 Å². The molecule has 3 aromatic rings. The number of rotatable bonds is 7. The van der Waals surface area contributed by atoms with Crippen LogP contribution in [0.15, 0.2) is 40.2 Å². The number of benzene rings is 1. The Morgan fingerprint density at radius 3 is 2.52 bits per heavy atom. The molecule has 31 heavy (non-hydrogen) atoms. The third-order valence-corrected chi connectivity index (χ3v) is 5.12. The molecule has 1 N–H and O–H groups in total. The summed E-state index contributed by atoms with van der Waals surface area (Å²) < 4.78 is 3.66. The normalized spacial score (nSPS) is 11.0. The maximum absolute atomic E-state index is 13.0. The number of nitrogens with zero attached hydrogens (tertiary/aromatic N) is 5. The van der Waals surface area contributed by atoms with Crippen molar-refractivity contribution in [1.82, 2.24) is 23.6 Å². The fraction of sp³-hybridized carbons (Fsp3) is 0.381. The first-order chi connectivity index (χ1) is 14.7. The summed E-state index contributed by atoms with van der Waals surface area (Å²) in [7, 11) is 2.89. The Labute approximate surface area is 178 Å². The summed E-state index contributed by atoms with van der Waals surface area (Å²) in [5, 5.41) is 2.83. The fourth-order valence-corrected chi connectivity index (χ4v) is 3.40. The Kier molecular flexibility index (Phi) is 6.38. The van der Waals surface area contributed by atoms with Crippen LogP contribution in [0.2, 0.25) is 0 Å². The van der Waals surface area contributed by atoms with Crippen LogP contribution in [0.3, 0.4) is 0 Å². The van der Waals surface area contributed by atoms with Crippen molar-refractivity contribution in [2.45, 2.75) is 26.8 Å². The van der Waals surface area contributed by atoms with Gasteiger partial charge in [-0.15, -0.1) is 0 Å². The van der Waals surface area contributed by atoms with Crippen molar-refractivity contribution in [2.75, 3.05) is 18.4 Å². The van der Waals surface area contributed by atoms with Gasteiger partial charge in [-0.05, 0) is 25.0 Å². The van der Waals surface area contributed by atoms with E-state index in [1.54, 1.807) is 6.07 Å². The molecule has 10 nitrogen and oxygen atoms in total. The van der Waals surface area contributed by atoms with E-state index in [9.17, 15) is 19.2 Å². The van der Waals surface area contributed by atoms with E-state index in [4.69, 9.17) is 0 Å². The Hall–Kier alpha value is -3.69. The van der Waals surface area contributed by atoms with E-state index in [1.165, 1.54) is 34.5 Å². The second-order valence-corrected chi connectivity index (χ2v) is 7.43. The number of imidazole rings is 1. The van der Waals surface area contributed by atoms with E-state index in [1.807, 2.05) is 32.0 Å². The molecule has 164 valence electrons. The smallest absolute Gasteiger partial charge is 0.332 e. The second kappa shape index (κ2) is 8.99. The van der Waals surface area contributed by atoms with E-state index in [0.717, 1.165) is 10.1 Å². The van der Waals surface area contributed by atoms with Gasteiger partial charge in [0.05, 0.1) is 12.9 Å². The maximum Gasteiger partial charge on any atom is 0.332 e. The minimum Gasteiger partial charge on any atom is -0.332 e. The predicted octanol–water partition coefficient (Wildman–Crippen LogP) is 0.619. The van der Waals surface area contributed by atoms with Crippen molar-refractivity contribution >= 4 is 28.7 Å². The quantitative estimate of drug-likeness (QED) is 0.595. The predicted molar refractivity (Wildman–Crippen MR) is 117 cm³/mol. The fourth-order valence-electron chi connectivity index (χ4n) is 3.40. The summed E-state index contributed by atoms with van der Waals surface area (Å²) in [5.41, 5.74) is 0.980. The highest BCUT2D eigenvalue weighted by Crippen LogP contribution is 2.13. The molecule has 0 fully saturated rings. The Balaban J connectivity index is 1.81. The van der Waals surface area contributed by atoms with Crippen LogP contribution in [-0.4, -0.2) is 48.5 Å². The lowest BCUT2D eigenvalue weighted by Crippen LogP contribution is -2.41. The number of amides is 2. The standard InChI is InChI=1S/C21H26N6O4/c1-5-10-26(11-16(28)23-15-9-7-6-8-14(15)2)17(29)12-27-13-22-19-18(27)20(30)25(4)21(31)24(19)3/h6-9,13H,5,10-12H2,1-4H3,(H,23,28).